The summed E-state index contributed by atoms with van der Waals surface area (Å²) in [4.78, 5) is 29.5. The Hall–Kier alpha value is -4.01. The molecule has 0 bridgehead atoms. The van der Waals surface area contributed by atoms with Gasteiger partial charge in [0, 0.05) is 17.7 Å². The first-order valence-corrected chi connectivity index (χ1v) is 14.4. The number of piperidine rings is 1. The lowest BCUT2D eigenvalue weighted by atomic mass is 10.0. The van der Waals surface area contributed by atoms with E-state index in [2.05, 4.69) is 11.5 Å². The van der Waals surface area contributed by atoms with E-state index in [4.69, 9.17) is 4.74 Å². The number of nitrogens with zero attached hydrogens (tertiary/aromatic N) is 2. The van der Waals surface area contributed by atoms with Gasteiger partial charge >= 0.3 is 5.97 Å². The summed E-state index contributed by atoms with van der Waals surface area (Å²) in [6.45, 7) is 6.46. The number of benzene rings is 3. The Balaban J connectivity index is 1.54. The summed E-state index contributed by atoms with van der Waals surface area (Å²) in [5, 5.41) is 0. The quantitative estimate of drug-likeness (QED) is 0.219. The molecule has 2 heterocycles. The van der Waals surface area contributed by atoms with Crippen LogP contribution in [0.25, 0.3) is 5.76 Å². The molecule has 3 aromatic rings. The van der Waals surface area contributed by atoms with E-state index in [1.165, 1.54) is 31.4 Å². The Labute approximate surface area is 229 Å². The fraction of sp³-hybridized carbons (Fsp3) is 0.226. The van der Waals surface area contributed by atoms with E-state index in [0.717, 1.165) is 29.5 Å². The number of likely N-dealkylation sites (tertiary alicyclic amines) is 1. The van der Waals surface area contributed by atoms with Gasteiger partial charge in [-0.25, -0.2) is 13.2 Å². The Morgan fingerprint density at radius 3 is 2.21 bits per heavy atom. The molecular formula is C31H30N2O5S. The number of rotatable bonds is 8. The minimum atomic E-state index is -4.11. The molecule has 2 aliphatic rings. The average molecular weight is 543 g/mol. The van der Waals surface area contributed by atoms with Gasteiger partial charge in [0.25, 0.3) is 10.0 Å². The van der Waals surface area contributed by atoms with E-state index in [1.54, 1.807) is 60.7 Å². The van der Waals surface area contributed by atoms with Gasteiger partial charge in [-0.1, -0.05) is 67.1 Å². The van der Waals surface area contributed by atoms with Crippen LogP contribution in [-0.4, -0.2) is 49.0 Å². The summed E-state index contributed by atoms with van der Waals surface area (Å²) in [7, 11) is -4.11. The van der Waals surface area contributed by atoms with Crippen molar-refractivity contribution < 1.29 is 22.7 Å². The third-order valence-corrected chi connectivity index (χ3v) is 8.77. The molecule has 2 aliphatic heterocycles. The van der Waals surface area contributed by atoms with E-state index in [-0.39, 0.29) is 34.0 Å². The summed E-state index contributed by atoms with van der Waals surface area (Å²) < 4.78 is 34.0. The number of ether oxygens (including phenoxy) is 1. The normalized spacial score (nSPS) is 16.9. The summed E-state index contributed by atoms with van der Waals surface area (Å²) >= 11 is 0. The second kappa shape index (κ2) is 11.4. The van der Waals surface area contributed by atoms with Crippen molar-refractivity contribution in [2.24, 2.45) is 0 Å². The number of Topliss-reactive ketones (excluding diaryl/α,β-unsaturated/α-hetero) is 1. The number of hydrogen-bond donors (Lipinski definition) is 0. The van der Waals surface area contributed by atoms with Crippen molar-refractivity contribution in [2.75, 3.05) is 19.6 Å². The van der Waals surface area contributed by atoms with Crippen molar-refractivity contribution in [3.8, 4) is 0 Å². The molecule has 0 radical (unpaired) electrons. The van der Waals surface area contributed by atoms with Crippen molar-refractivity contribution in [1.82, 2.24) is 9.21 Å². The summed E-state index contributed by atoms with van der Waals surface area (Å²) in [6, 6.07) is 21.7. The molecule has 3 aromatic carbocycles. The number of carbonyl (C=O) groups is 2. The Bertz CT molecular complexity index is 1520. The molecule has 39 heavy (non-hydrogen) atoms. The molecule has 0 amide bonds. The molecule has 0 atom stereocenters. The van der Waals surface area contributed by atoms with Crippen molar-refractivity contribution in [3.05, 3.63) is 119 Å². The van der Waals surface area contributed by atoms with Crippen LogP contribution in [0.5, 0.6) is 0 Å². The second-order valence-corrected chi connectivity index (χ2v) is 11.4. The predicted molar refractivity (Wildman–Crippen MR) is 149 cm³/mol. The number of hydrogen-bond acceptors (Lipinski definition) is 6. The molecule has 0 saturated carbocycles. The number of sulfonamides is 1. The largest absolute Gasteiger partial charge is 0.420 e. The van der Waals surface area contributed by atoms with Gasteiger partial charge in [0.2, 0.25) is 5.78 Å². The van der Waals surface area contributed by atoms with Crippen molar-refractivity contribution in [3.63, 3.8) is 0 Å². The highest BCUT2D eigenvalue weighted by Crippen LogP contribution is 2.39. The third-order valence-electron chi connectivity index (χ3n) is 6.95. The monoisotopic (exact) mass is 542 g/mol. The van der Waals surface area contributed by atoms with Gasteiger partial charge in [-0.3, -0.25) is 14.0 Å². The van der Waals surface area contributed by atoms with Crippen LogP contribution in [0.4, 0.5) is 0 Å². The van der Waals surface area contributed by atoms with Crippen LogP contribution in [0.2, 0.25) is 0 Å². The summed E-state index contributed by atoms with van der Waals surface area (Å²) in [6.07, 6.45) is 5.05. The molecule has 0 N–H and O–H groups in total. The maximum Gasteiger partial charge on any atom is 0.343 e. The van der Waals surface area contributed by atoms with Crippen molar-refractivity contribution in [1.29, 1.82) is 0 Å². The molecule has 8 heteroatoms. The zero-order valence-corrected chi connectivity index (χ0v) is 22.4. The average Bonchev–Trinajstić information content (AvgIpc) is 2.97. The maximum atomic E-state index is 13.8. The topological polar surface area (TPSA) is 84.0 Å². The molecule has 0 aliphatic carbocycles. The van der Waals surface area contributed by atoms with E-state index in [0.29, 0.717) is 5.56 Å². The summed E-state index contributed by atoms with van der Waals surface area (Å²) in [5.74, 6) is -1.35. The predicted octanol–water partition coefficient (Wildman–Crippen LogP) is 5.27. The fourth-order valence-corrected chi connectivity index (χ4v) is 6.62. The first kappa shape index (κ1) is 26.6. The van der Waals surface area contributed by atoms with E-state index in [1.807, 2.05) is 12.1 Å². The highest BCUT2D eigenvalue weighted by molar-refractivity contribution is 7.89. The first-order valence-electron chi connectivity index (χ1n) is 13.0. The van der Waals surface area contributed by atoms with Gasteiger partial charge in [-0.05, 0) is 55.8 Å². The van der Waals surface area contributed by atoms with E-state index >= 15 is 0 Å². The molecule has 5 rings (SSSR count). The number of allylic oxidation sites excluding steroid dienone is 1. The third kappa shape index (κ3) is 5.44. The minimum Gasteiger partial charge on any atom is -0.420 e. The van der Waals surface area contributed by atoms with Crippen LogP contribution >= 0.6 is 0 Å². The zero-order valence-electron chi connectivity index (χ0n) is 21.6. The summed E-state index contributed by atoms with van der Waals surface area (Å²) in [5.41, 5.74) is 1.60. The number of carbonyl (C=O) groups excluding carboxylic acids is 2. The van der Waals surface area contributed by atoms with E-state index in [9.17, 15) is 18.0 Å². The first-order chi connectivity index (χ1) is 18.9. The lowest BCUT2D eigenvalue weighted by Gasteiger charge is -2.32. The van der Waals surface area contributed by atoms with Gasteiger partial charge < -0.3 is 4.74 Å². The number of fused-ring (bicyclic) bond motifs is 1. The van der Waals surface area contributed by atoms with Crippen LogP contribution in [-0.2, 0) is 21.3 Å². The Kier molecular flexibility index (Phi) is 7.77. The zero-order chi connectivity index (χ0) is 27.4. The lowest BCUT2D eigenvalue weighted by molar-refractivity contribution is 0.0686. The minimum absolute atomic E-state index is 0.0452. The van der Waals surface area contributed by atoms with Crippen molar-refractivity contribution in [2.45, 2.75) is 30.7 Å². The van der Waals surface area contributed by atoms with Crippen LogP contribution in [0.1, 0.15) is 51.1 Å². The van der Waals surface area contributed by atoms with Crippen LogP contribution in [0.15, 0.2) is 102 Å². The SMILES string of the molecule is C=CCN1C(C(=O)c2ccccc2)=C(OC(=O)c2ccc(CN3CCCCC3)cc2)c2ccccc2S1(=O)=O. The molecule has 7 nitrogen and oxygen atoms in total. The second-order valence-electron chi connectivity index (χ2n) is 9.62. The van der Waals surface area contributed by atoms with Gasteiger partial charge in [-0.2, -0.15) is 0 Å². The molecule has 1 saturated heterocycles. The fourth-order valence-electron chi connectivity index (χ4n) is 4.99. The van der Waals surface area contributed by atoms with Crippen LogP contribution < -0.4 is 0 Å². The molecule has 1 fully saturated rings. The highest BCUT2D eigenvalue weighted by atomic mass is 32.2. The lowest BCUT2D eigenvalue weighted by Crippen LogP contribution is -2.38. The molecule has 0 aromatic heterocycles. The Morgan fingerprint density at radius 2 is 1.51 bits per heavy atom. The molecule has 200 valence electrons. The van der Waals surface area contributed by atoms with E-state index < -0.39 is 21.8 Å². The Morgan fingerprint density at radius 1 is 0.846 bits per heavy atom. The van der Waals surface area contributed by atoms with Gasteiger partial charge in [0.1, 0.15) is 5.70 Å². The van der Waals surface area contributed by atoms with Gasteiger partial charge in [0.05, 0.1) is 17.0 Å². The number of esters is 1. The van der Waals surface area contributed by atoms with Crippen LogP contribution in [0.3, 0.4) is 0 Å². The maximum absolute atomic E-state index is 13.8. The number of ketones is 1. The smallest absolute Gasteiger partial charge is 0.343 e. The molecular weight excluding hydrogens is 512 g/mol. The highest BCUT2D eigenvalue weighted by Gasteiger charge is 2.41. The molecule has 0 spiro atoms. The van der Waals surface area contributed by atoms with Crippen LogP contribution in [0, 0.1) is 0 Å². The van der Waals surface area contributed by atoms with Gasteiger partial charge in [0.15, 0.2) is 5.76 Å². The standard InChI is InChI=1S/C31H30N2O5S/c1-2-19-33-28(29(34)24-11-5-3-6-12-24)30(26-13-7-8-14-27(26)39(33,36)37)38-31(35)25-17-15-23(16-18-25)22-32-20-9-4-10-21-32/h2-3,5-8,11-18H,1,4,9-10,19-22H2. The van der Waals surface area contributed by atoms with Crippen molar-refractivity contribution >= 4 is 27.5 Å². The molecule has 0 unspecified atom stereocenters. The van der Waals surface area contributed by atoms with Gasteiger partial charge in [-0.15, -0.1) is 6.58 Å².